The second-order valence-electron chi connectivity index (χ2n) is 4.26. The summed E-state index contributed by atoms with van der Waals surface area (Å²) in [6.07, 6.45) is 0. The third kappa shape index (κ3) is 2.59. The molecule has 0 N–H and O–H groups in total. The molecular weight excluding hydrogens is 298 g/mol. The van der Waals surface area contributed by atoms with Gasteiger partial charge in [-0.15, -0.1) is 0 Å². The molecule has 3 aromatic rings. The molecule has 0 aliphatic rings. The quantitative estimate of drug-likeness (QED) is 0.594. The molecule has 0 spiro atoms. The Labute approximate surface area is 121 Å². The van der Waals surface area contributed by atoms with Gasteiger partial charge in [0, 0.05) is 5.56 Å². The van der Waals surface area contributed by atoms with Crippen molar-refractivity contribution in [3.05, 3.63) is 77.4 Å². The lowest BCUT2D eigenvalue weighted by Crippen LogP contribution is -1.88. The number of pyridine rings is 1. The van der Waals surface area contributed by atoms with Gasteiger partial charge in [0.25, 0.3) is 0 Å². The van der Waals surface area contributed by atoms with Crippen LogP contribution in [0.15, 0.2) is 77.4 Å². The third-order valence-electron chi connectivity index (χ3n) is 3.00. The zero-order chi connectivity index (χ0) is 13.1. The second-order valence-corrected chi connectivity index (χ2v) is 5.07. The van der Waals surface area contributed by atoms with E-state index in [9.17, 15) is 0 Å². The molecule has 0 unspecified atom stereocenters. The first-order chi connectivity index (χ1) is 9.34. The molecule has 0 aliphatic heterocycles. The lowest BCUT2D eigenvalue weighted by Gasteiger charge is -2.09. The monoisotopic (exact) mass is 309 g/mol. The smallest absolute Gasteiger partial charge is 0.106 e. The van der Waals surface area contributed by atoms with Crippen molar-refractivity contribution < 1.29 is 0 Å². The van der Waals surface area contributed by atoms with E-state index in [2.05, 4.69) is 63.4 Å². The van der Waals surface area contributed by atoms with Gasteiger partial charge >= 0.3 is 0 Å². The van der Waals surface area contributed by atoms with E-state index >= 15 is 0 Å². The zero-order valence-electron chi connectivity index (χ0n) is 10.3. The Kier molecular flexibility index (Phi) is 3.43. The normalized spacial score (nSPS) is 10.4. The first kappa shape index (κ1) is 12.1. The van der Waals surface area contributed by atoms with Crippen molar-refractivity contribution >= 4 is 15.9 Å². The first-order valence-corrected chi connectivity index (χ1v) is 6.91. The molecule has 3 rings (SSSR count). The molecule has 1 aromatic heterocycles. The molecule has 1 nitrogen and oxygen atoms in total. The summed E-state index contributed by atoms with van der Waals surface area (Å²) in [6.45, 7) is 0. The van der Waals surface area contributed by atoms with Crippen LogP contribution < -0.4 is 0 Å². The van der Waals surface area contributed by atoms with Crippen LogP contribution in [0.4, 0.5) is 0 Å². The van der Waals surface area contributed by atoms with Crippen LogP contribution in [-0.4, -0.2) is 4.98 Å². The van der Waals surface area contributed by atoms with Gasteiger partial charge in [0.1, 0.15) is 4.60 Å². The Balaban J connectivity index is 2.18. The summed E-state index contributed by atoms with van der Waals surface area (Å²) in [5.74, 6) is 0. The summed E-state index contributed by atoms with van der Waals surface area (Å²) in [6, 6.07) is 24.7. The predicted octanol–water partition coefficient (Wildman–Crippen LogP) is 5.18. The van der Waals surface area contributed by atoms with Gasteiger partial charge in [-0.2, -0.15) is 0 Å². The minimum absolute atomic E-state index is 0.855. The minimum atomic E-state index is 0.855. The Hall–Kier alpha value is -1.93. The summed E-state index contributed by atoms with van der Waals surface area (Å²) in [5.41, 5.74) is 4.54. The van der Waals surface area contributed by atoms with Crippen LogP contribution in [0.2, 0.25) is 0 Å². The summed E-state index contributed by atoms with van der Waals surface area (Å²) in [7, 11) is 0. The van der Waals surface area contributed by atoms with Gasteiger partial charge in [0.05, 0.1) is 5.69 Å². The molecule has 19 heavy (non-hydrogen) atoms. The number of benzene rings is 2. The van der Waals surface area contributed by atoms with E-state index in [1.165, 1.54) is 11.1 Å². The first-order valence-electron chi connectivity index (χ1n) is 6.12. The van der Waals surface area contributed by atoms with E-state index in [0.717, 1.165) is 15.9 Å². The average Bonchev–Trinajstić information content (AvgIpc) is 2.48. The van der Waals surface area contributed by atoms with Crippen LogP contribution in [0.25, 0.3) is 22.4 Å². The average molecular weight is 310 g/mol. The summed E-state index contributed by atoms with van der Waals surface area (Å²) in [4.78, 5) is 4.55. The summed E-state index contributed by atoms with van der Waals surface area (Å²) < 4.78 is 0.855. The second kappa shape index (κ2) is 5.37. The molecule has 0 saturated carbocycles. The molecular formula is C17H12BrN. The molecule has 0 bridgehead atoms. The van der Waals surface area contributed by atoms with Gasteiger partial charge in [-0.3, -0.25) is 0 Å². The van der Waals surface area contributed by atoms with E-state index in [-0.39, 0.29) is 0 Å². The van der Waals surface area contributed by atoms with Crippen molar-refractivity contribution in [3.63, 3.8) is 0 Å². The van der Waals surface area contributed by atoms with Gasteiger partial charge < -0.3 is 0 Å². The van der Waals surface area contributed by atoms with Gasteiger partial charge in [-0.05, 0) is 39.2 Å². The van der Waals surface area contributed by atoms with E-state index in [4.69, 9.17) is 0 Å². The maximum absolute atomic E-state index is 4.55. The van der Waals surface area contributed by atoms with Crippen molar-refractivity contribution in [1.82, 2.24) is 4.98 Å². The van der Waals surface area contributed by atoms with Gasteiger partial charge in [0.15, 0.2) is 0 Å². The Morgan fingerprint density at radius 1 is 0.632 bits per heavy atom. The molecule has 2 aromatic carbocycles. The summed E-state index contributed by atoms with van der Waals surface area (Å²) in [5, 5.41) is 0. The summed E-state index contributed by atoms with van der Waals surface area (Å²) >= 11 is 3.43. The number of hydrogen-bond acceptors (Lipinski definition) is 1. The molecule has 0 saturated heterocycles. The van der Waals surface area contributed by atoms with Gasteiger partial charge in [0.2, 0.25) is 0 Å². The number of nitrogens with zero attached hydrogens (tertiary/aromatic N) is 1. The number of aromatic nitrogens is 1. The van der Waals surface area contributed by atoms with Gasteiger partial charge in [-0.1, -0.05) is 60.7 Å². The van der Waals surface area contributed by atoms with E-state index in [1.54, 1.807) is 0 Å². The SMILES string of the molecule is Brc1cccc(-c2ccccc2-c2ccccc2)n1. The van der Waals surface area contributed by atoms with Crippen molar-refractivity contribution in [2.75, 3.05) is 0 Å². The van der Waals surface area contributed by atoms with Crippen LogP contribution in [0.5, 0.6) is 0 Å². The molecule has 92 valence electrons. The van der Waals surface area contributed by atoms with Crippen molar-refractivity contribution in [3.8, 4) is 22.4 Å². The highest BCUT2D eigenvalue weighted by Crippen LogP contribution is 2.31. The number of rotatable bonds is 2. The molecule has 0 amide bonds. The van der Waals surface area contributed by atoms with Crippen molar-refractivity contribution in [1.29, 1.82) is 0 Å². The van der Waals surface area contributed by atoms with Crippen LogP contribution in [0.3, 0.4) is 0 Å². The largest absolute Gasteiger partial charge is 0.241 e. The molecule has 0 aliphatic carbocycles. The van der Waals surface area contributed by atoms with Crippen molar-refractivity contribution in [2.24, 2.45) is 0 Å². The van der Waals surface area contributed by atoms with E-state index < -0.39 is 0 Å². The molecule has 0 fully saturated rings. The lowest BCUT2D eigenvalue weighted by atomic mass is 9.97. The standard InChI is InChI=1S/C17H12BrN/c18-17-12-6-11-16(19-17)15-10-5-4-9-14(15)13-7-2-1-3-8-13/h1-12H. The van der Waals surface area contributed by atoms with Gasteiger partial charge in [-0.25, -0.2) is 4.98 Å². The fourth-order valence-electron chi connectivity index (χ4n) is 2.13. The van der Waals surface area contributed by atoms with Crippen LogP contribution in [0, 0.1) is 0 Å². The maximum atomic E-state index is 4.55. The lowest BCUT2D eigenvalue weighted by molar-refractivity contribution is 1.28. The fourth-order valence-corrected chi connectivity index (χ4v) is 2.48. The highest BCUT2D eigenvalue weighted by Gasteiger charge is 2.07. The molecule has 2 heteroatoms. The van der Waals surface area contributed by atoms with E-state index in [0.29, 0.717) is 0 Å². The van der Waals surface area contributed by atoms with Crippen LogP contribution >= 0.6 is 15.9 Å². The Morgan fingerprint density at radius 3 is 2.05 bits per heavy atom. The zero-order valence-corrected chi connectivity index (χ0v) is 11.8. The predicted molar refractivity (Wildman–Crippen MR) is 82.8 cm³/mol. The van der Waals surface area contributed by atoms with Crippen LogP contribution in [0.1, 0.15) is 0 Å². The highest BCUT2D eigenvalue weighted by atomic mass is 79.9. The molecule has 0 radical (unpaired) electrons. The van der Waals surface area contributed by atoms with Crippen LogP contribution in [-0.2, 0) is 0 Å². The number of hydrogen-bond donors (Lipinski definition) is 0. The Morgan fingerprint density at radius 2 is 1.32 bits per heavy atom. The van der Waals surface area contributed by atoms with E-state index in [1.807, 2.05) is 30.3 Å². The maximum Gasteiger partial charge on any atom is 0.106 e. The number of halogens is 1. The Bertz CT molecular complexity index is 692. The molecule has 1 heterocycles. The third-order valence-corrected chi connectivity index (χ3v) is 3.44. The molecule has 0 atom stereocenters. The topological polar surface area (TPSA) is 12.9 Å². The fraction of sp³-hybridized carbons (Fsp3) is 0. The highest BCUT2D eigenvalue weighted by molar-refractivity contribution is 9.10. The van der Waals surface area contributed by atoms with Crippen molar-refractivity contribution in [2.45, 2.75) is 0 Å². The minimum Gasteiger partial charge on any atom is -0.241 e.